The zero-order chi connectivity index (χ0) is 17.6. The van der Waals surface area contributed by atoms with Gasteiger partial charge in [-0.3, -0.25) is 4.79 Å². The highest BCUT2D eigenvalue weighted by atomic mass is 79.9. The number of benzene rings is 2. The van der Waals surface area contributed by atoms with E-state index in [9.17, 15) is 10.1 Å². The van der Waals surface area contributed by atoms with E-state index in [0.717, 1.165) is 20.1 Å². The van der Waals surface area contributed by atoms with Gasteiger partial charge >= 0.3 is 5.97 Å². The van der Waals surface area contributed by atoms with Crippen LogP contribution in [0.25, 0.3) is 0 Å². The lowest BCUT2D eigenvalue weighted by atomic mass is 9.77. The molecule has 0 aliphatic rings. The maximum atomic E-state index is 12.6. The molecule has 3 nitrogen and oxygen atoms in total. The van der Waals surface area contributed by atoms with Crippen LogP contribution in [0.15, 0.2) is 57.5 Å². The van der Waals surface area contributed by atoms with E-state index < -0.39 is 11.4 Å². The van der Waals surface area contributed by atoms with Crippen LogP contribution >= 0.6 is 31.9 Å². The van der Waals surface area contributed by atoms with Gasteiger partial charge in [0.05, 0.1) is 12.7 Å². The summed E-state index contributed by atoms with van der Waals surface area (Å²) < 4.78 is 7.12. The van der Waals surface area contributed by atoms with E-state index in [4.69, 9.17) is 4.74 Å². The molecule has 0 bridgehead atoms. The molecule has 0 aliphatic carbocycles. The second kappa shape index (κ2) is 8.46. The molecule has 0 fully saturated rings. The third kappa shape index (κ3) is 4.68. The quantitative estimate of drug-likeness (QED) is 0.577. The van der Waals surface area contributed by atoms with Gasteiger partial charge in [0.1, 0.15) is 0 Å². The smallest absolute Gasteiger partial charge is 0.327 e. The fraction of sp³-hybridized carbons (Fsp3) is 0.263. The number of carbonyl (C=O) groups excluding carboxylic acids is 1. The van der Waals surface area contributed by atoms with Crippen LogP contribution in [0.1, 0.15) is 18.1 Å². The summed E-state index contributed by atoms with van der Waals surface area (Å²) in [5.74, 6) is -0.474. The number of nitrogens with zero attached hydrogens (tertiary/aromatic N) is 1. The lowest BCUT2D eigenvalue weighted by Crippen LogP contribution is -2.36. The highest BCUT2D eigenvalue weighted by Crippen LogP contribution is 2.30. The molecule has 2 rings (SSSR count). The van der Waals surface area contributed by atoms with E-state index in [1.807, 2.05) is 48.5 Å². The van der Waals surface area contributed by atoms with Crippen LogP contribution in [0.4, 0.5) is 0 Å². The molecule has 2 aromatic carbocycles. The summed E-state index contributed by atoms with van der Waals surface area (Å²) in [6, 6.07) is 17.5. The Labute approximate surface area is 158 Å². The van der Waals surface area contributed by atoms with Gasteiger partial charge < -0.3 is 4.74 Å². The van der Waals surface area contributed by atoms with Crippen LogP contribution in [0.3, 0.4) is 0 Å². The molecule has 0 radical (unpaired) electrons. The number of esters is 1. The Morgan fingerprint density at radius 1 is 1.00 bits per heavy atom. The van der Waals surface area contributed by atoms with Crippen LogP contribution in [-0.2, 0) is 22.4 Å². The van der Waals surface area contributed by atoms with E-state index in [0.29, 0.717) is 12.8 Å². The minimum Gasteiger partial charge on any atom is -0.465 e. The maximum absolute atomic E-state index is 12.6. The first-order valence-corrected chi connectivity index (χ1v) is 9.15. The molecule has 0 aromatic heterocycles. The number of rotatable bonds is 6. The van der Waals surface area contributed by atoms with Gasteiger partial charge in [-0.15, -0.1) is 0 Å². The van der Waals surface area contributed by atoms with Crippen molar-refractivity contribution in [3.63, 3.8) is 0 Å². The van der Waals surface area contributed by atoms with Crippen LogP contribution in [0, 0.1) is 16.7 Å². The van der Waals surface area contributed by atoms with Gasteiger partial charge in [0.2, 0.25) is 0 Å². The molecule has 0 heterocycles. The predicted octanol–water partition coefficient (Wildman–Crippen LogP) is 5.07. The predicted molar refractivity (Wildman–Crippen MR) is 100 cm³/mol. The molecular formula is C19H17Br2NO2. The summed E-state index contributed by atoms with van der Waals surface area (Å²) in [5.41, 5.74) is 0.604. The van der Waals surface area contributed by atoms with Crippen molar-refractivity contribution in [2.45, 2.75) is 19.8 Å². The van der Waals surface area contributed by atoms with Gasteiger partial charge in [-0.05, 0) is 42.3 Å². The molecule has 24 heavy (non-hydrogen) atoms. The normalized spacial score (nSPS) is 10.9. The van der Waals surface area contributed by atoms with Crippen molar-refractivity contribution in [2.75, 3.05) is 6.61 Å². The third-order valence-corrected chi connectivity index (χ3v) is 4.78. The molecule has 0 saturated carbocycles. The number of hydrogen-bond acceptors (Lipinski definition) is 3. The number of carbonyl (C=O) groups is 1. The van der Waals surface area contributed by atoms with Gasteiger partial charge in [0, 0.05) is 21.8 Å². The van der Waals surface area contributed by atoms with Crippen LogP contribution in [0.5, 0.6) is 0 Å². The average Bonchev–Trinajstić information content (AvgIpc) is 2.58. The number of ether oxygens (including phenoxy) is 1. The lowest BCUT2D eigenvalue weighted by molar-refractivity contribution is -0.152. The van der Waals surface area contributed by atoms with Crippen molar-refractivity contribution >= 4 is 37.8 Å². The number of nitriles is 1. The van der Waals surface area contributed by atoms with E-state index in [-0.39, 0.29) is 6.61 Å². The van der Waals surface area contributed by atoms with E-state index in [2.05, 4.69) is 37.9 Å². The molecule has 0 N–H and O–H groups in total. The van der Waals surface area contributed by atoms with Gasteiger partial charge in [-0.25, -0.2) is 0 Å². The zero-order valence-electron chi connectivity index (χ0n) is 13.3. The van der Waals surface area contributed by atoms with Crippen molar-refractivity contribution in [1.29, 1.82) is 5.26 Å². The van der Waals surface area contributed by atoms with Gasteiger partial charge in [-0.1, -0.05) is 56.1 Å². The number of hydrogen-bond donors (Lipinski definition) is 0. The minimum absolute atomic E-state index is 0.253. The third-order valence-electron chi connectivity index (χ3n) is 3.72. The summed E-state index contributed by atoms with van der Waals surface area (Å²) >= 11 is 6.79. The lowest BCUT2D eigenvalue weighted by Gasteiger charge is -2.25. The summed E-state index contributed by atoms with van der Waals surface area (Å²) in [6.45, 7) is 2.00. The second-order valence-electron chi connectivity index (χ2n) is 5.52. The fourth-order valence-electron chi connectivity index (χ4n) is 2.50. The molecule has 0 saturated heterocycles. The van der Waals surface area contributed by atoms with Crippen LogP contribution in [0.2, 0.25) is 0 Å². The SMILES string of the molecule is CCOC(=O)C(C#N)(Cc1ccc(Br)cc1)Cc1ccc(Br)cc1. The first-order valence-electron chi connectivity index (χ1n) is 7.56. The average molecular weight is 451 g/mol. The minimum atomic E-state index is -1.24. The zero-order valence-corrected chi connectivity index (χ0v) is 16.4. The van der Waals surface area contributed by atoms with Crippen molar-refractivity contribution in [2.24, 2.45) is 5.41 Å². The first kappa shape index (κ1) is 18.7. The summed E-state index contributed by atoms with van der Waals surface area (Å²) in [5, 5.41) is 9.84. The number of halogens is 2. The molecule has 0 atom stereocenters. The topological polar surface area (TPSA) is 50.1 Å². The second-order valence-corrected chi connectivity index (χ2v) is 7.35. The first-order chi connectivity index (χ1) is 11.5. The van der Waals surface area contributed by atoms with E-state index >= 15 is 0 Å². The van der Waals surface area contributed by atoms with Gasteiger partial charge in [-0.2, -0.15) is 5.26 Å². The molecule has 0 amide bonds. The fourth-order valence-corrected chi connectivity index (χ4v) is 3.03. The van der Waals surface area contributed by atoms with E-state index in [1.54, 1.807) is 6.92 Å². The van der Waals surface area contributed by atoms with Crippen LogP contribution in [-0.4, -0.2) is 12.6 Å². The maximum Gasteiger partial charge on any atom is 0.327 e. The molecule has 2 aromatic rings. The highest BCUT2D eigenvalue weighted by molar-refractivity contribution is 9.10. The van der Waals surface area contributed by atoms with Gasteiger partial charge in [0.25, 0.3) is 0 Å². The van der Waals surface area contributed by atoms with Crippen molar-refractivity contribution in [3.05, 3.63) is 68.6 Å². The van der Waals surface area contributed by atoms with Crippen LogP contribution < -0.4 is 0 Å². The van der Waals surface area contributed by atoms with Crippen molar-refractivity contribution in [1.82, 2.24) is 0 Å². The Kier molecular flexibility index (Phi) is 6.59. The van der Waals surface area contributed by atoms with E-state index in [1.165, 1.54) is 0 Å². The molecule has 0 unspecified atom stereocenters. The van der Waals surface area contributed by atoms with Gasteiger partial charge in [0.15, 0.2) is 5.41 Å². The summed E-state index contributed by atoms with van der Waals surface area (Å²) in [7, 11) is 0. The standard InChI is InChI=1S/C19H17Br2NO2/c1-2-24-18(23)19(13-22,11-14-3-7-16(20)8-4-14)12-15-5-9-17(21)10-6-15/h3-10H,2,11-12H2,1H3. The Morgan fingerprint density at radius 2 is 1.42 bits per heavy atom. The monoisotopic (exact) mass is 449 g/mol. The Balaban J connectivity index is 2.35. The molecular weight excluding hydrogens is 434 g/mol. The Morgan fingerprint density at radius 3 is 1.75 bits per heavy atom. The molecule has 0 spiro atoms. The molecule has 0 aliphatic heterocycles. The summed E-state index contributed by atoms with van der Waals surface area (Å²) in [4.78, 5) is 12.6. The van der Waals surface area contributed by atoms with Crippen molar-refractivity contribution in [3.8, 4) is 6.07 Å². The molecule has 124 valence electrons. The highest BCUT2D eigenvalue weighted by Gasteiger charge is 2.40. The Bertz CT molecular complexity index is 686. The largest absolute Gasteiger partial charge is 0.465 e. The van der Waals surface area contributed by atoms with Crippen molar-refractivity contribution < 1.29 is 9.53 Å². The Hall–Kier alpha value is -1.64. The molecule has 5 heteroatoms. The summed E-state index contributed by atoms with van der Waals surface area (Å²) in [6.07, 6.45) is 0.622.